The summed E-state index contributed by atoms with van der Waals surface area (Å²) in [4.78, 5) is 10.5. The summed E-state index contributed by atoms with van der Waals surface area (Å²) in [5, 5.41) is 7.71. The minimum absolute atomic E-state index is 0.123. The van der Waals surface area contributed by atoms with Crippen molar-refractivity contribution in [3.05, 3.63) is 0 Å². The normalized spacial score (nSPS) is 28.7. The van der Waals surface area contributed by atoms with Crippen molar-refractivity contribution in [2.24, 2.45) is 5.92 Å². The summed E-state index contributed by atoms with van der Waals surface area (Å²) in [7, 11) is 0. The zero-order valence-corrected chi connectivity index (χ0v) is 9.87. The van der Waals surface area contributed by atoms with E-state index in [0.29, 0.717) is 5.92 Å². The molecule has 0 aliphatic heterocycles. The van der Waals surface area contributed by atoms with Gasteiger partial charge in [0.05, 0.1) is 12.7 Å². The first-order valence-electron chi connectivity index (χ1n) is 5.63. The highest BCUT2D eigenvalue weighted by molar-refractivity contribution is 6.29. The van der Waals surface area contributed by atoms with Crippen LogP contribution < -0.4 is 0 Å². The summed E-state index contributed by atoms with van der Waals surface area (Å²) in [6.07, 6.45) is 6.00. The van der Waals surface area contributed by atoms with E-state index < -0.39 is 11.3 Å². The Kier molecular flexibility index (Phi) is 5.40. The lowest BCUT2D eigenvalue weighted by atomic mass is 9.85. The van der Waals surface area contributed by atoms with Crippen LogP contribution in [0.25, 0.3) is 0 Å². The molecule has 0 aromatic rings. The second kappa shape index (κ2) is 6.33. The summed E-state index contributed by atoms with van der Waals surface area (Å²) in [5.41, 5.74) is 0. The molecule has 0 saturated heterocycles. The largest absolute Gasteiger partial charge is 0.480 e. The molecule has 1 aliphatic rings. The zero-order chi connectivity index (χ0) is 11.3. The maximum absolute atomic E-state index is 10.5. The average Bonchev–Trinajstić information content (AvgIpc) is 2.26. The van der Waals surface area contributed by atoms with Gasteiger partial charge in [-0.15, -0.1) is 11.6 Å². The second-order valence-corrected chi connectivity index (χ2v) is 4.66. The van der Waals surface area contributed by atoms with Crippen molar-refractivity contribution >= 4 is 17.6 Å². The molecule has 88 valence electrons. The Morgan fingerprint density at radius 1 is 1.53 bits per heavy atom. The zero-order valence-electron chi connectivity index (χ0n) is 9.12. The molecule has 3 nitrogen and oxygen atoms in total. The third-order valence-electron chi connectivity index (χ3n) is 3.09. The van der Waals surface area contributed by atoms with Crippen LogP contribution in [0.3, 0.4) is 0 Å². The number of hydrogen-bond donors (Lipinski definition) is 1. The first kappa shape index (κ1) is 12.8. The Bertz CT molecular complexity index is 208. The maximum atomic E-state index is 10.5. The van der Waals surface area contributed by atoms with Crippen molar-refractivity contribution in [1.82, 2.24) is 0 Å². The topological polar surface area (TPSA) is 46.5 Å². The molecule has 4 heteroatoms. The predicted octanol–water partition coefficient (Wildman–Crippen LogP) is 2.66. The Morgan fingerprint density at radius 2 is 2.20 bits per heavy atom. The van der Waals surface area contributed by atoms with E-state index in [4.69, 9.17) is 21.4 Å². The fourth-order valence-electron chi connectivity index (χ4n) is 2.14. The van der Waals surface area contributed by atoms with Gasteiger partial charge in [0.15, 0.2) is 5.38 Å². The summed E-state index contributed by atoms with van der Waals surface area (Å²) >= 11 is 5.60. The van der Waals surface area contributed by atoms with Crippen LogP contribution in [0.5, 0.6) is 0 Å². The fraction of sp³-hybridized carbons (Fsp3) is 0.909. The van der Waals surface area contributed by atoms with Crippen molar-refractivity contribution in [2.45, 2.75) is 50.5 Å². The van der Waals surface area contributed by atoms with Crippen molar-refractivity contribution in [1.29, 1.82) is 0 Å². The number of carboxylic acids is 1. The number of carboxylic acid groups (broad SMARTS) is 1. The number of ether oxygens (including phenoxy) is 1. The van der Waals surface area contributed by atoms with Gasteiger partial charge in [-0.1, -0.05) is 26.2 Å². The number of rotatable bonds is 5. The number of hydrogen-bond acceptors (Lipinski definition) is 2. The van der Waals surface area contributed by atoms with Gasteiger partial charge in [0.25, 0.3) is 0 Å². The second-order valence-electron chi connectivity index (χ2n) is 4.13. The van der Waals surface area contributed by atoms with Gasteiger partial charge >= 0.3 is 5.97 Å². The molecular weight excluding hydrogens is 216 g/mol. The van der Waals surface area contributed by atoms with E-state index in [1.54, 1.807) is 0 Å². The molecule has 0 bridgehead atoms. The molecule has 3 unspecified atom stereocenters. The van der Waals surface area contributed by atoms with Crippen LogP contribution in [0.15, 0.2) is 0 Å². The number of alkyl halides is 1. The van der Waals surface area contributed by atoms with Crippen LogP contribution >= 0.6 is 11.6 Å². The molecule has 1 N–H and O–H groups in total. The van der Waals surface area contributed by atoms with E-state index in [1.165, 1.54) is 19.3 Å². The molecule has 0 amide bonds. The van der Waals surface area contributed by atoms with Crippen LogP contribution in [0.2, 0.25) is 0 Å². The first-order valence-corrected chi connectivity index (χ1v) is 6.07. The Morgan fingerprint density at radius 3 is 2.80 bits per heavy atom. The van der Waals surface area contributed by atoms with Gasteiger partial charge in [0.2, 0.25) is 0 Å². The van der Waals surface area contributed by atoms with Gasteiger partial charge < -0.3 is 9.84 Å². The SMILES string of the molecule is CCC1CCCCC1OCC(Cl)C(=O)O. The molecule has 1 aliphatic carbocycles. The van der Waals surface area contributed by atoms with E-state index in [-0.39, 0.29) is 12.7 Å². The molecule has 1 fully saturated rings. The van der Waals surface area contributed by atoms with Crippen LogP contribution in [-0.4, -0.2) is 29.2 Å². The lowest BCUT2D eigenvalue weighted by Gasteiger charge is -2.31. The van der Waals surface area contributed by atoms with E-state index in [2.05, 4.69) is 6.92 Å². The van der Waals surface area contributed by atoms with Crippen molar-refractivity contribution < 1.29 is 14.6 Å². The van der Waals surface area contributed by atoms with E-state index in [9.17, 15) is 4.79 Å². The highest BCUT2D eigenvalue weighted by atomic mass is 35.5. The average molecular weight is 235 g/mol. The molecular formula is C11H19ClO3. The Hall–Kier alpha value is -0.280. The summed E-state index contributed by atoms with van der Waals surface area (Å²) in [5.74, 6) is -0.420. The molecule has 0 aromatic carbocycles. The minimum atomic E-state index is -1.000. The van der Waals surface area contributed by atoms with Crippen molar-refractivity contribution in [3.63, 3.8) is 0 Å². The van der Waals surface area contributed by atoms with Gasteiger partial charge in [-0.05, 0) is 18.8 Å². The minimum Gasteiger partial charge on any atom is -0.480 e. The molecule has 0 heterocycles. The monoisotopic (exact) mass is 234 g/mol. The quantitative estimate of drug-likeness (QED) is 0.744. The van der Waals surface area contributed by atoms with Crippen molar-refractivity contribution in [2.75, 3.05) is 6.61 Å². The summed E-state index contributed by atoms with van der Waals surface area (Å²) in [6, 6.07) is 0. The number of halogens is 1. The smallest absolute Gasteiger partial charge is 0.324 e. The maximum Gasteiger partial charge on any atom is 0.324 e. The molecule has 15 heavy (non-hydrogen) atoms. The van der Waals surface area contributed by atoms with Gasteiger partial charge in [0.1, 0.15) is 0 Å². The third kappa shape index (κ3) is 3.99. The van der Waals surface area contributed by atoms with Crippen LogP contribution in [0.1, 0.15) is 39.0 Å². The van der Waals surface area contributed by atoms with Gasteiger partial charge in [-0.2, -0.15) is 0 Å². The molecule has 0 aromatic heterocycles. The van der Waals surface area contributed by atoms with E-state index in [0.717, 1.165) is 12.8 Å². The van der Waals surface area contributed by atoms with Gasteiger partial charge in [0, 0.05) is 0 Å². The first-order chi connectivity index (χ1) is 7.15. The van der Waals surface area contributed by atoms with Crippen molar-refractivity contribution in [3.8, 4) is 0 Å². The van der Waals surface area contributed by atoms with Crippen LogP contribution in [0, 0.1) is 5.92 Å². The van der Waals surface area contributed by atoms with E-state index >= 15 is 0 Å². The highest BCUT2D eigenvalue weighted by Gasteiger charge is 2.26. The Labute approximate surface area is 95.8 Å². The van der Waals surface area contributed by atoms with E-state index in [1.807, 2.05) is 0 Å². The predicted molar refractivity (Wildman–Crippen MR) is 59.3 cm³/mol. The molecule has 0 spiro atoms. The van der Waals surface area contributed by atoms with Gasteiger partial charge in [-0.25, -0.2) is 0 Å². The molecule has 1 rings (SSSR count). The van der Waals surface area contributed by atoms with Crippen LogP contribution in [-0.2, 0) is 9.53 Å². The standard InChI is InChI=1S/C11H19ClO3/c1-2-8-5-3-4-6-10(8)15-7-9(12)11(13)14/h8-10H,2-7H2,1H3,(H,13,14). The van der Waals surface area contributed by atoms with Gasteiger partial charge in [-0.3, -0.25) is 4.79 Å². The number of aliphatic carboxylic acids is 1. The molecule has 1 saturated carbocycles. The Balaban J connectivity index is 2.32. The third-order valence-corrected chi connectivity index (χ3v) is 3.40. The molecule has 3 atom stereocenters. The lowest BCUT2D eigenvalue weighted by Crippen LogP contribution is -2.31. The summed E-state index contributed by atoms with van der Waals surface area (Å²) in [6.45, 7) is 2.28. The fourth-order valence-corrected chi connectivity index (χ4v) is 2.21. The molecule has 0 radical (unpaired) electrons. The highest BCUT2D eigenvalue weighted by Crippen LogP contribution is 2.29. The number of carbonyl (C=O) groups is 1. The lowest BCUT2D eigenvalue weighted by molar-refractivity contribution is -0.138. The summed E-state index contributed by atoms with van der Waals surface area (Å²) < 4.78 is 5.60. The van der Waals surface area contributed by atoms with Crippen LogP contribution in [0.4, 0.5) is 0 Å².